The quantitative estimate of drug-likeness (QED) is 0.557. The zero-order valence-electron chi connectivity index (χ0n) is 20.3. The average molecular weight is 508 g/mol. The summed E-state index contributed by atoms with van der Waals surface area (Å²) in [5.41, 5.74) is 1.06. The lowest BCUT2D eigenvalue weighted by atomic mass is 10.0. The Morgan fingerprint density at radius 1 is 1.17 bits per heavy atom. The molecule has 0 aromatic heterocycles. The summed E-state index contributed by atoms with van der Waals surface area (Å²) in [7, 11) is -0.437. The van der Waals surface area contributed by atoms with Crippen LogP contribution < -0.4 is 0 Å². The molecule has 0 radical (unpaired) electrons. The fraction of sp³-hybridized carbons (Fsp3) is 0.542. The summed E-state index contributed by atoms with van der Waals surface area (Å²) in [6.07, 6.45) is -0.254. The molecule has 35 heavy (non-hydrogen) atoms. The molecule has 11 heteroatoms. The van der Waals surface area contributed by atoms with E-state index in [0.29, 0.717) is 0 Å². The van der Waals surface area contributed by atoms with Gasteiger partial charge < -0.3 is 19.6 Å². The van der Waals surface area contributed by atoms with Crippen LogP contribution >= 0.6 is 0 Å². The van der Waals surface area contributed by atoms with E-state index in [1.807, 2.05) is 30.3 Å². The molecule has 3 amide bonds. The number of amides is 3. The first kappa shape index (κ1) is 26.7. The van der Waals surface area contributed by atoms with Gasteiger partial charge in [-0.05, 0) is 25.3 Å². The highest BCUT2D eigenvalue weighted by Crippen LogP contribution is 2.29. The minimum Gasteiger partial charge on any atom is -0.450 e. The maximum absolute atomic E-state index is 13.5. The zero-order valence-corrected chi connectivity index (χ0v) is 21.1. The van der Waals surface area contributed by atoms with Crippen molar-refractivity contribution in [2.75, 3.05) is 39.5 Å². The summed E-state index contributed by atoms with van der Waals surface area (Å²) >= 11 is 0. The van der Waals surface area contributed by atoms with Gasteiger partial charge in [0.25, 0.3) is 0 Å². The molecule has 1 fully saturated rings. The number of carbonyl (C=O) groups excluding carboxylic acids is 3. The molecule has 3 atom stereocenters. The lowest BCUT2D eigenvalue weighted by Crippen LogP contribution is -2.45. The Kier molecular flexibility index (Phi) is 8.55. The van der Waals surface area contributed by atoms with Crippen molar-refractivity contribution in [2.45, 2.75) is 37.8 Å². The van der Waals surface area contributed by atoms with E-state index in [4.69, 9.17) is 4.74 Å². The number of sulfone groups is 1. The summed E-state index contributed by atoms with van der Waals surface area (Å²) in [5, 5.41) is 9.69. The maximum atomic E-state index is 13.5. The lowest BCUT2D eigenvalue weighted by molar-refractivity contribution is -0.141. The Hall–Kier alpha value is -2.92. The number of rotatable bonds is 8. The highest BCUT2D eigenvalue weighted by molar-refractivity contribution is 7.92. The third-order valence-electron chi connectivity index (χ3n) is 6.34. The van der Waals surface area contributed by atoms with E-state index >= 15 is 0 Å². The van der Waals surface area contributed by atoms with Crippen molar-refractivity contribution in [2.24, 2.45) is 5.92 Å². The molecule has 2 heterocycles. The SMILES string of the molecule is CCOC(=O)N1CCC(C(=O)N(CCC2C(C(=O)N(C)C)=CCS2(=O)=O)Cc2ccccc2)C1O. The van der Waals surface area contributed by atoms with Crippen molar-refractivity contribution in [3.63, 3.8) is 0 Å². The molecule has 1 aromatic carbocycles. The first-order valence-corrected chi connectivity index (χ1v) is 13.4. The number of likely N-dealkylation sites (N-methyl/N-ethyl adjacent to an activating group) is 1. The molecule has 0 spiro atoms. The third kappa shape index (κ3) is 6.02. The molecule has 2 aliphatic rings. The van der Waals surface area contributed by atoms with Crippen LogP contribution in [-0.4, -0.2) is 97.2 Å². The Balaban J connectivity index is 1.80. The predicted molar refractivity (Wildman–Crippen MR) is 129 cm³/mol. The van der Waals surface area contributed by atoms with Crippen molar-refractivity contribution >= 4 is 27.7 Å². The second kappa shape index (κ2) is 11.2. The Labute approximate surface area is 206 Å². The van der Waals surface area contributed by atoms with Crippen molar-refractivity contribution in [3.8, 4) is 0 Å². The topological polar surface area (TPSA) is 125 Å². The largest absolute Gasteiger partial charge is 0.450 e. The molecule has 10 nitrogen and oxygen atoms in total. The van der Waals surface area contributed by atoms with Crippen molar-refractivity contribution in [1.82, 2.24) is 14.7 Å². The Bertz CT molecular complexity index is 1070. The number of carbonyl (C=O) groups is 3. The second-order valence-electron chi connectivity index (χ2n) is 8.91. The molecular weight excluding hydrogens is 474 g/mol. The third-order valence-corrected chi connectivity index (χ3v) is 8.33. The van der Waals surface area contributed by atoms with Gasteiger partial charge in [-0.25, -0.2) is 13.2 Å². The van der Waals surface area contributed by atoms with Crippen LogP contribution in [0.25, 0.3) is 0 Å². The van der Waals surface area contributed by atoms with E-state index in [9.17, 15) is 27.9 Å². The van der Waals surface area contributed by atoms with Gasteiger partial charge in [-0.15, -0.1) is 0 Å². The standard InChI is InChI=1S/C24H33N3O7S/c1-4-34-24(31)27-14-10-19(23(27)30)22(29)26(16-17-8-6-5-7-9-17)13-11-20-18(21(28)25(2)3)12-15-35(20,32)33/h5-9,12,19-20,23,30H,4,10-11,13-16H2,1-3H3. The molecule has 1 N–H and O–H groups in total. The van der Waals surface area contributed by atoms with Gasteiger partial charge in [-0.2, -0.15) is 0 Å². The van der Waals surface area contributed by atoms with Gasteiger partial charge >= 0.3 is 6.09 Å². The van der Waals surface area contributed by atoms with Crippen LogP contribution in [0.15, 0.2) is 42.0 Å². The van der Waals surface area contributed by atoms with Crippen molar-refractivity contribution in [3.05, 3.63) is 47.5 Å². The molecule has 1 saturated heterocycles. The number of likely N-dealkylation sites (tertiary alicyclic amines) is 1. The number of nitrogens with zero attached hydrogens (tertiary/aromatic N) is 3. The zero-order chi connectivity index (χ0) is 25.8. The van der Waals surface area contributed by atoms with Crippen LogP contribution in [0, 0.1) is 5.92 Å². The summed E-state index contributed by atoms with van der Waals surface area (Å²) in [6, 6.07) is 9.22. The molecule has 0 saturated carbocycles. The monoisotopic (exact) mass is 507 g/mol. The number of aliphatic hydroxyl groups excluding tert-OH is 1. The molecule has 0 aliphatic carbocycles. The number of benzene rings is 1. The molecule has 2 aliphatic heterocycles. The van der Waals surface area contributed by atoms with Crippen LogP contribution in [0.3, 0.4) is 0 Å². The Morgan fingerprint density at radius 3 is 2.49 bits per heavy atom. The van der Waals surface area contributed by atoms with Crippen LogP contribution in [0.4, 0.5) is 4.79 Å². The van der Waals surface area contributed by atoms with Gasteiger partial charge in [0.15, 0.2) is 9.84 Å². The molecule has 192 valence electrons. The maximum Gasteiger partial charge on any atom is 0.411 e. The molecule has 0 bridgehead atoms. The lowest BCUT2D eigenvalue weighted by Gasteiger charge is -2.29. The first-order valence-electron chi connectivity index (χ1n) is 11.6. The van der Waals surface area contributed by atoms with E-state index in [1.165, 1.54) is 15.9 Å². The van der Waals surface area contributed by atoms with Crippen LogP contribution in [-0.2, 0) is 30.7 Å². The van der Waals surface area contributed by atoms with E-state index < -0.39 is 33.3 Å². The van der Waals surface area contributed by atoms with Crippen molar-refractivity contribution in [1.29, 1.82) is 0 Å². The summed E-state index contributed by atoms with van der Waals surface area (Å²) in [4.78, 5) is 42.2. The number of hydrogen-bond donors (Lipinski definition) is 1. The van der Waals surface area contributed by atoms with E-state index in [1.54, 1.807) is 21.0 Å². The fourth-order valence-corrected chi connectivity index (χ4v) is 6.17. The molecular formula is C24H33N3O7S. The van der Waals surface area contributed by atoms with Gasteiger partial charge in [0.1, 0.15) is 6.23 Å². The first-order chi connectivity index (χ1) is 16.6. The minimum absolute atomic E-state index is 0.0523. The van der Waals surface area contributed by atoms with Gasteiger partial charge in [0, 0.05) is 39.3 Å². The fourth-order valence-electron chi connectivity index (χ4n) is 4.48. The van der Waals surface area contributed by atoms with Gasteiger partial charge in [0.05, 0.1) is 23.5 Å². The highest BCUT2D eigenvalue weighted by Gasteiger charge is 2.43. The average Bonchev–Trinajstić information content (AvgIpc) is 3.35. The van der Waals surface area contributed by atoms with Gasteiger partial charge in [0.2, 0.25) is 11.8 Å². The van der Waals surface area contributed by atoms with Crippen LogP contribution in [0.1, 0.15) is 25.3 Å². The van der Waals surface area contributed by atoms with E-state index in [-0.39, 0.29) is 62.2 Å². The van der Waals surface area contributed by atoms with E-state index in [0.717, 1.165) is 10.5 Å². The number of ether oxygens (including phenoxy) is 1. The van der Waals surface area contributed by atoms with Crippen LogP contribution in [0.2, 0.25) is 0 Å². The van der Waals surface area contributed by atoms with Crippen molar-refractivity contribution < 1.29 is 32.6 Å². The number of hydrogen-bond acceptors (Lipinski definition) is 7. The number of aliphatic hydroxyl groups is 1. The molecule has 3 rings (SSSR count). The highest BCUT2D eigenvalue weighted by atomic mass is 32.2. The summed E-state index contributed by atoms with van der Waals surface area (Å²) in [5.74, 6) is -1.82. The van der Waals surface area contributed by atoms with Gasteiger partial charge in [-0.1, -0.05) is 36.4 Å². The predicted octanol–water partition coefficient (Wildman–Crippen LogP) is 1.01. The minimum atomic E-state index is -3.56. The van der Waals surface area contributed by atoms with Gasteiger partial charge in [-0.3, -0.25) is 14.5 Å². The van der Waals surface area contributed by atoms with E-state index in [2.05, 4.69) is 0 Å². The summed E-state index contributed by atoms with van der Waals surface area (Å²) < 4.78 is 30.4. The molecule has 1 aromatic rings. The smallest absolute Gasteiger partial charge is 0.411 e. The second-order valence-corrected chi connectivity index (χ2v) is 11.1. The summed E-state index contributed by atoms with van der Waals surface area (Å²) in [6.45, 7) is 2.26. The normalized spacial score (nSPS) is 23.0. The Morgan fingerprint density at radius 2 is 1.86 bits per heavy atom. The molecule has 3 unspecified atom stereocenters. The van der Waals surface area contributed by atoms with Crippen LogP contribution in [0.5, 0.6) is 0 Å².